The molecule has 0 atom stereocenters. The highest BCUT2D eigenvalue weighted by Crippen LogP contribution is 2.34. The van der Waals surface area contributed by atoms with Gasteiger partial charge in [-0.3, -0.25) is 14.9 Å². The van der Waals surface area contributed by atoms with Gasteiger partial charge in [-0.2, -0.15) is 5.10 Å². The molecule has 2 aromatic carbocycles. The number of nitrogens with one attached hydrogen (secondary N) is 1. The minimum absolute atomic E-state index is 0.0559. The number of nitro benzene ring substituents is 1. The Labute approximate surface area is 194 Å². The lowest BCUT2D eigenvalue weighted by atomic mass is 10.2. The van der Waals surface area contributed by atoms with Crippen LogP contribution in [0.2, 0.25) is 5.02 Å². The van der Waals surface area contributed by atoms with Gasteiger partial charge in [0.2, 0.25) is 0 Å². The summed E-state index contributed by atoms with van der Waals surface area (Å²) >= 11 is 9.50. The quantitative estimate of drug-likeness (QED) is 0.199. The maximum atomic E-state index is 12.3. The molecular formula is C20H15BrClN3O7. The summed E-state index contributed by atoms with van der Waals surface area (Å²) in [4.78, 5) is 34.0. The first-order valence-corrected chi connectivity index (χ1v) is 10.2. The van der Waals surface area contributed by atoms with Crippen LogP contribution in [0.3, 0.4) is 0 Å². The Kier molecular flexibility index (Phi) is 7.44. The van der Waals surface area contributed by atoms with E-state index in [0.29, 0.717) is 21.0 Å². The summed E-state index contributed by atoms with van der Waals surface area (Å²) in [6.45, 7) is 1.64. The van der Waals surface area contributed by atoms with E-state index in [1.807, 2.05) is 0 Å². The summed E-state index contributed by atoms with van der Waals surface area (Å²) in [5.74, 6) is -0.958. The molecule has 3 rings (SSSR count). The SMILES string of the molecule is CCOC(=O)COc1c(Cl)cc(/C=N/NC(=O)c2cc3cc([N+](=O)[O-])ccc3o2)cc1Br. The van der Waals surface area contributed by atoms with Crippen molar-refractivity contribution in [1.29, 1.82) is 0 Å². The van der Waals surface area contributed by atoms with Gasteiger partial charge < -0.3 is 13.9 Å². The van der Waals surface area contributed by atoms with Gasteiger partial charge in [0, 0.05) is 17.5 Å². The molecule has 0 fully saturated rings. The molecule has 10 nitrogen and oxygen atoms in total. The number of amides is 1. The van der Waals surface area contributed by atoms with Crippen molar-refractivity contribution in [3.8, 4) is 5.75 Å². The number of hydrogen-bond acceptors (Lipinski definition) is 8. The summed E-state index contributed by atoms with van der Waals surface area (Å²) in [7, 11) is 0. The monoisotopic (exact) mass is 523 g/mol. The lowest BCUT2D eigenvalue weighted by molar-refractivity contribution is -0.384. The zero-order valence-corrected chi connectivity index (χ0v) is 18.8. The van der Waals surface area contributed by atoms with Crippen LogP contribution in [-0.2, 0) is 9.53 Å². The van der Waals surface area contributed by atoms with E-state index >= 15 is 0 Å². The predicted molar refractivity (Wildman–Crippen MR) is 119 cm³/mol. The number of fused-ring (bicyclic) bond motifs is 1. The van der Waals surface area contributed by atoms with Gasteiger partial charge in [0.05, 0.1) is 27.2 Å². The van der Waals surface area contributed by atoms with Crippen molar-refractivity contribution in [2.24, 2.45) is 5.10 Å². The maximum absolute atomic E-state index is 12.3. The molecule has 0 saturated carbocycles. The Hall–Kier alpha value is -3.44. The molecule has 1 aromatic heterocycles. The fourth-order valence-corrected chi connectivity index (χ4v) is 3.59. The number of hydrogen-bond donors (Lipinski definition) is 1. The molecule has 12 heteroatoms. The number of rotatable bonds is 8. The Morgan fingerprint density at radius 3 is 2.78 bits per heavy atom. The molecule has 0 unspecified atom stereocenters. The molecule has 1 amide bonds. The minimum atomic E-state index is -0.639. The highest BCUT2D eigenvalue weighted by Gasteiger charge is 2.15. The van der Waals surface area contributed by atoms with E-state index in [0.717, 1.165) is 0 Å². The normalized spacial score (nSPS) is 11.0. The number of carbonyl (C=O) groups is 2. The Bertz CT molecular complexity index is 1200. The summed E-state index contributed by atoms with van der Waals surface area (Å²) in [5.41, 5.74) is 3.06. The summed E-state index contributed by atoms with van der Waals surface area (Å²) < 4.78 is 16.0. The lowest BCUT2D eigenvalue weighted by Crippen LogP contribution is -2.16. The van der Waals surface area contributed by atoms with Crippen LogP contribution < -0.4 is 10.2 Å². The molecule has 32 heavy (non-hydrogen) atoms. The number of nitrogens with zero attached hydrogens (tertiary/aromatic N) is 2. The highest BCUT2D eigenvalue weighted by molar-refractivity contribution is 9.10. The van der Waals surface area contributed by atoms with Gasteiger partial charge in [-0.25, -0.2) is 10.2 Å². The average Bonchev–Trinajstić information content (AvgIpc) is 3.16. The Morgan fingerprint density at radius 1 is 1.31 bits per heavy atom. The molecule has 1 heterocycles. The van der Waals surface area contributed by atoms with Gasteiger partial charge in [-0.05, 0) is 52.7 Å². The van der Waals surface area contributed by atoms with Gasteiger partial charge in [-0.15, -0.1) is 0 Å². The number of hydrazone groups is 1. The smallest absolute Gasteiger partial charge is 0.344 e. The molecule has 0 saturated heterocycles. The first-order chi connectivity index (χ1) is 15.3. The number of non-ortho nitro benzene ring substituents is 1. The third-order valence-electron chi connectivity index (χ3n) is 3.97. The fraction of sp³-hybridized carbons (Fsp3) is 0.150. The van der Waals surface area contributed by atoms with Crippen LogP contribution in [0.25, 0.3) is 11.0 Å². The van der Waals surface area contributed by atoms with Crippen LogP contribution in [0.15, 0.2) is 50.4 Å². The van der Waals surface area contributed by atoms with Gasteiger partial charge in [0.1, 0.15) is 5.58 Å². The first kappa shape index (κ1) is 23.2. The second-order valence-electron chi connectivity index (χ2n) is 6.20. The third-order valence-corrected chi connectivity index (χ3v) is 4.84. The molecule has 166 valence electrons. The lowest BCUT2D eigenvalue weighted by Gasteiger charge is -2.10. The molecule has 0 bridgehead atoms. The molecule has 0 aliphatic heterocycles. The van der Waals surface area contributed by atoms with E-state index in [9.17, 15) is 19.7 Å². The van der Waals surface area contributed by atoms with Crippen molar-refractivity contribution >= 4 is 62.3 Å². The van der Waals surface area contributed by atoms with Crippen molar-refractivity contribution in [3.05, 3.63) is 67.3 Å². The van der Waals surface area contributed by atoms with Crippen LogP contribution in [0.5, 0.6) is 5.75 Å². The predicted octanol–water partition coefficient (Wildman–Crippen LogP) is 4.46. The van der Waals surface area contributed by atoms with Gasteiger partial charge in [0.15, 0.2) is 18.1 Å². The molecule has 0 spiro atoms. The standard InChI is InChI=1S/C20H15BrClN3O7/c1-2-30-18(26)10-31-19-14(21)5-11(6-15(19)22)9-23-24-20(27)17-8-12-7-13(25(28)29)3-4-16(12)32-17/h3-9H,2,10H2,1H3,(H,24,27)/b23-9+. The number of furan rings is 1. The van der Waals surface area contributed by atoms with Crippen LogP contribution in [0, 0.1) is 10.1 Å². The van der Waals surface area contributed by atoms with Crippen molar-refractivity contribution in [3.63, 3.8) is 0 Å². The number of carbonyl (C=O) groups excluding carboxylic acids is 2. The second kappa shape index (κ2) is 10.2. The number of nitro groups is 1. The summed E-state index contributed by atoms with van der Waals surface area (Å²) in [5, 5.41) is 15.4. The minimum Gasteiger partial charge on any atom is -0.479 e. The second-order valence-corrected chi connectivity index (χ2v) is 7.46. The zero-order valence-electron chi connectivity index (χ0n) is 16.5. The summed E-state index contributed by atoms with van der Waals surface area (Å²) in [6.07, 6.45) is 1.34. The van der Waals surface area contributed by atoms with Crippen LogP contribution in [-0.4, -0.2) is 36.2 Å². The maximum Gasteiger partial charge on any atom is 0.344 e. The number of esters is 1. The molecule has 0 radical (unpaired) electrons. The molecule has 3 aromatic rings. The first-order valence-electron chi connectivity index (χ1n) is 9.07. The number of benzene rings is 2. The fourth-order valence-electron chi connectivity index (χ4n) is 2.60. The van der Waals surface area contributed by atoms with Gasteiger partial charge in [-0.1, -0.05) is 11.6 Å². The third kappa shape index (κ3) is 5.62. The van der Waals surface area contributed by atoms with Crippen molar-refractivity contribution < 1.29 is 28.4 Å². The highest BCUT2D eigenvalue weighted by atomic mass is 79.9. The largest absolute Gasteiger partial charge is 0.479 e. The number of ether oxygens (including phenoxy) is 2. The van der Waals surface area contributed by atoms with Crippen molar-refractivity contribution in [2.45, 2.75) is 6.92 Å². The van der Waals surface area contributed by atoms with E-state index in [4.69, 9.17) is 25.5 Å². The van der Waals surface area contributed by atoms with Crippen LogP contribution >= 0.6 is 27.5 Å². The molecule has 1 N–H and O–H groups in total. The van der Waals surface area contributed by atoms with E-state index in [-0.39, 0.29) is 35.4 Å². The molecule has 0 aliphatic rings. The van der Waals surface area contributed by atoms with E-state index in [1.54, 1.807) is 13.0 Å². The Morgan fingerprint density at radius 2 is 2.09 bits per heavy atom. The van der Waals surface area contributed by atoms with Crippen molar-refractivity contribution in [1.82, 2.24) is 5.43 Å². The van der Waals surface area contributed by atoms with Crippen LogP contribution in [0.1, 0.15) is 23.0 Å². The van der Waals surface area contributed by atoms with E-state index in [2.05, 4.69) is 26.5 Å². The van der Waals surface area contributed by atoms with Gasteiger partial charge >= 0.3 is 11.9 Å². The van der Waals surface area contributed by atoms with E-state index < -0.39 is 16.8 Å². The summed E-state index contributed by atoms with van der Waals surface area (Å²) in [6, 6.07) is 8.55. The topological polar surface area (TPSA) is 133 Å². The average molecular weight is 525 g/mol. The van der Waals surface area contributed by atoms with Crippen molar-refractivity contribution in [2.75, 3.05) is 13.2 Å². The van der Waals surface area contributed by atoms with Gasteiger partial charge in [0.25, 0.3) is 5.69 Å². The number of halogens is 2. The van der Waals surface area contributed by atoms with Crippen LogP contribution in [0.4, 0.5) is 5.69 Å². The zero-order chi connectivity index (χ0) is 23.3. The molecule has 0 aliphatic carbocycles. The Balaban J connectivity index is 1.66. The molecular weight excluding hydrogens is 510 g/mol. The van der Waals surface area contributed by atoms with E-state index in [1.165, 1.54) is 36.5 Å².